The molecule has 0 aliphatic carbocycles. The summed E-state index contributed by atoms with van der Waals surface area (Å²) >= 11 is 3.48. The van der Waals surface area contributed by atoms with Crippen LogP contribution in [0.5, 0.6) is 17.2 Å². The van der Waals surface area contributed by atoms with Crippen molar-refractivity contribution in [2.75, 3.05) is 21.3 Å². The third kappa shape index (κ3) is 4.52. The van der Waals surface area contributed by atoms with Crippen LogP contribution in [0.3, 0.4) is 0 Å². The minimum Gasteiger partial charge on any atom is -0.493 e. The van der Waals surface area contributed by atoms with E-state index in [1.165, 1.54) is 21.3 Å². The number of methoxy groups -OCH3 is 3. The van der Waals surface area contributed by atoms with Crippen molar-refractivity contribution in [3.05, 3.63) is 17.7 Å². The zero-order valence-corrected chi connectivity index (χ0v) is 14.6. The van der Waals surface area contributed by atoms with Crippen LogP contribution in [0.2, 0.25) is 0 Å². The van der Waals surface area contributed by atoms with Gasteiger partial charge in [-0.15, -0.1) is 0 Å². The SMILES string of the molecule is COc1ccc(C(=O)NC(C)CC(C)Br)c(OC)c1OC. The van der Waals surface area contributed by atoms with Crippen LogP contribution >= 0.6 is 15.9 Å². The third-order valence-corrected chi connectivity index (χ3v) is 3.38. The lowest BCUT2D eigenvalue weighted by Gasteiger charge is -2.18. The molecule has 0 heterocycles. The molecule has 0 saturated heterocycles. The number of hydrogen-bond donors (Lipinski definition) is 1. The van der Waals surface area contributed by atoms with Gasteiger partial charge in [0, 0.05) is 10.9 Å². The molecule has 0 aliphatic heterocycles. The lowest BCUT2D eigenvalue weighted by molar-refractivity contribution is 0.0935. The Bertz CT molecular complexity index is 491. The van der Waals surface area contributed by atoms with Crippen LogP contribution in [-0.4, -0.2) is 38.1 Å². The molecule has 0 saturated carbocycles. The lowest BCUT2D eigenvalue weighted by Crippen LogP contribution is -2.34. The van der Waals surface area contributed by atoms with Gasteiger partial charge < -0.3 is 19.5 Å². The predicted molar refractivity (Wildman–Crippen MR) is 86.0 cm³/mol. The third-order valence-electron chi connectivity index (χ3n) is 3.00. The number of rotatable bonds is 7. The quantitative estimate of drug-likeness (QED) is 0.760. The highest BCUT2D eigenvalue weighted by molar-refractivity contribution is 9.09. The van der Waals surface area contributed by atoms with Crippen molar-refractivity contribution in [2.24, 2.45) is 0 Å². The number of alkyl halides is 1. The number of hydrogen-bond acceptors (Lipinski definition) is 4. The highest BCUT2D eigenvalue weighted by Crippen LogP contribution is 2.39. The van der Waals surface area contributed by atoms with Gasteiger partial charge in [-0.1, -0.05) is 22.9 Å². The Hall–Kier alpha value is -1.43. The van der Waals surface area contributed by atoms with E-state index < -0.39 is 0 Å². The second-order valence-electron chi connectivity index (χ2n) is 4.77. The number of amides is 1. The topological polar surface area (TPSA) is 56.8 Å². The summed E-state index contributed by atoms with van der Waals surface area (Å²) in [4.78, 5) is 12.7. The summed E-state index contributed by atoms with van der Waals surface area (Å²) < 4.78 is 15.8. The van der Waals surface area contributed by atoms with Crippen LogP contribution in [0.15, 0.2) is 12.1 Å². The highest BCUT2D eigenvalue weighted by Gasteiger charge is 2.21. The van der Waals surface area contributed by atoms with E-state index in [4.69, 9.17) is 14.2 Å². The standard InChI is InChI=1S/C15H22BrNO4/c1-9(16)8-10(2)17-15(18)11-6-7-12(19-3)14(21-5)13(11)20-4/h6-7,9-10H,8H2,1-5H3,(H,17,18). The van der Waals surface area contributed by atoms with E-state index in [1.807, 2.05) is 13.8 Å². The van der Waals surface area contributed by atoms with E-state index in [2.05, 4.69) is 21.2 Å². The molecule has 1 amide bonds. The van der Waals surface area contributed by atoms with Crippen molar-refractivity contribution in [2.45, 2.75) is 31.1 Å². The Balaban J connectivity index is 3.04. The first-order chi connectivity index (χ1) is 9.94. The second-order valence-corrected chi connectivity index (χ2v) is 6.34. The molecule has 0 bridgehead atoms. The molecule has 0 fully saturated rings. The molecule has 1 aromatic rings. The van der Waals surface area contributed by atoms with Gasteiger partial charge in [-0.2, -0.15) is 0 Å². The largest absolute Gasteiger partial charge is 0.493 e. The Morgan fingerprint density at radius 3 is 2.24 bits per heavy atom. The molecule has 0 aromatic heterocycles. The Kier molecular flexibility index (Phi) is 6.81. The van der Waals surface area contributed by atoms with Gasteiger partial charge in [0.15, 0.2) is 11.5 Å². The van der Waals surface area contributed by atoms with Crippen molar-refractivity contribution in [3.8, 4) is 17.2 Å². The molecule has 5 nitrogen and oxygen atoms in total. The summed E-state index contributed by atoms with van der Waals surface area (Å²) in [5.41, 5.74) is 0.421. The van der Waals surface area contributed by atoms with Crippen molar-refractivity contribution in [1.82, 2.24) is 5.32 Å². The van der Waals surface area contributed by atoms with Crippen LogP contribution in [-0.2, 0) is 0 Å². The van der Waals surface area contributed by atoms with Crippen molar-refractivity contribution in [1.29, 1.82) is 0 Å². The zero-order chi connectivity index (χ0) is 16.0. The van der Waals surface area contributed by atoms with Crippen molar-refractivity contribution >= 4 is 21.8 Å². The number of ether oxygens (including phenoxy) is 3. The molecule has 2 unspecified atom stereocenters. The van der Waals surface area contributed by atoms with Gasteiger partial charge in [0.25, 0.3) is 5.91 Å². The van der Waals surface area contributed by atoms with Gasteiger partial charge in [0.2, 0.25) is 5.75 Å². The van der Waals surface area contributed by atoms with Crippen LogP contribution < -0.4 is 19.5 Å². The maximum absolute atomic E-state index is 12.4. The molecule has 6 heteroatoms. The summed E-state index contributed by atoms with van der Waals surface area (Å²) in [5.74, 6) is 1.10. The highest BCUT2D eigenvalue weighted by atomic mass is 79.9. The first-order valence-electron chi connectivity index (χ1n) is 6.68. The fraction of sp³-hybridized carbons (Fsp3) is 0.533. The minimum atomic E-state index is -0.201. The molecule has 0 spiro atoms. The average molecular weight is 360 g/mol. The smallest absolute Gasteiger partial charge is 0.255 e. The fourth-order valence-electron chi connectivity index (χ4n) is 2.13. The van der Waals surface area contributed by atoms with Crippen LogP contribution in [0.1, 0.15) is 30.6 Å². The number of nitrogens with one attached hydrogen (secondary N) is 1. The number of carbonyl (C=O) groups excluding carboxylic acids is 1. The van der Waals surface area contributed by atoms with Gasteiger partial charge in [0.1, 0.15) is 0 Å². The van der Waals surface area contributed by atoms with E-state index in [0.29, 0.717) is 27.6 Å². The van der Waals surface area contributed by atoms with E-state index in [9.17, 15) is 4.79 Å². The first kappa shape index (κ1) is 17.6. The molecule has 2 atom stereocenters. The zero-order valence-electron chi connectivity index (χ0n) is 13.0. The molecule has 0 radical (unpaired) electrons. The molecular formula is C15H22BrNO4. The Labute approximate surface area is 134 Å². The monoisotopic (exact) mass is 359 g/mol. The number of halogens is 1. The summed E-state index contributed by atoms with van der Waals surface area (Å²) in [6.45, 7) is 4.00. The summed E-state index contributed by atoms with van der Waals surface area (Å²) in [7, 11) is 4.55. The maximum atomic E-state index is 12.4. The predicted octanol–water partition coefficient (Wildman–Crippen LogP) is 3.00. The lowest BCUT2D eigenvalue weighted by atomic mass is 10.1. The first-order valence-corrected chi connectivity index (χ1v) is 7.60. The second kappa shape index (κ2) is 8.12. The van der Waals surface area contributed by atoms with Gasteiger partial charge >= 0.3 is 0 Å². The average Bonchev–Trinajstić information content (AvgIpc) is 2.44. The summed E-state index contributed by atoms with van der Waals surface area (Å²) in [6.07, 6.45) is 0.835. The van der Waals surface area contributed by atoms with E-state index in [-0.39, 0.29) is 11.9 Å². The Morgan fingerprint density at radius 1 is 1.14 bits per heavy atom. The van der Waals surface area contributed by atoms with Crippen LogP contribution in [0.25, 0.3) is 0 Å². The molecule has 118 valence electrons. The van der Waals surface area contributed by atoms with Gasteiger partial charge in [-0.05, 0) is 25.5 Å². The number of carbonyl (C=O) groups is 1. The van der Waals surface area contributed by atoms with Crippen LogP contribution in [0.4, 0.5) is 0 Å². The fourth-order valence-corrected chi connectivity index (χ4v) is 2.69. The summed E-state index contributed by atoms with van der Waals surface area (Å²) in [5, 5.41) is 2.95. The molecule has 1 aromatic carbocycles. The van der Waals surface area contributed by atoms with E-state index >= 15 is 0 Å². The minimum absolute atomic E-state index is 0.0460. The van der Waals surface area contributed by atoms with E-state index in [1.54, 1.807) is 12.1 Å². The summed E-state index contributed by atoms with van der Waals surface area (Å²) in [6, 6.07) is 3.40. The van der Waals surface area contributed by atoms with Gasteiger partial charge in [-0.25, -0.2) is 0 Å². The molecule has 21 heavy (non-hydrogen) atoms. The molecule has 1 rings (SSSR count). The van der Waals surface area contributed by atoms with Gasteiger partial charge in [-0.3, -0.25) is 4.79 Å². The van der Waals surface area contributed by atoms with Gasteiger partial charge in [0.05, 0.1) is 26.9 Å². The van der Waals surface area contributed by atoms with Crippen molar-refractivity contribution < 1.29 is 19.0 Å². The van der Waals surface area contributed by atoms with Crippen LogP contribution in [0, 0.1) is 0 Å². The Morgan fingerprint density at radius 2 is 1.76 bits per heavy atom. The maximum Gasteiger partial charge on any atom is 0.255 e. The molecular weight excluding hydrogens is 338 g/mol. The normalized spacial score (nSPS) is 13.2. The molecule has 0 aliphatic rings. The van der Waals surface area contributed by atoms with E-state index in [0.717, 1.165) is 6.42 Å². The molecule has 1 N–H and O–H groups in total. The van der Waals surface area contributed by atoms with Crippen molar-refractivity contribution in [3.63, 3.8) is 0 Å². The number of benzene rings is 1.